The second-order valence-corrected chi connectivity index (χ2v) is 6.47. The minimum absolute atomic E-state index is 0.0627. The van der Waals surface area contributed by atoms with Gasteiger partial charge >= 0.3 is 0 Å². The zero-order chi connectivity index (χ0) is 18.4. The first-order chi connectivity index (χ1) is 12.0. The number of carbonyl (C=O) groups excluding carboxylic acids is 1. The molecule has 0 unspecified atom stereocenters. The molecule has 3 rings (SSSR count). The van der Waals surface area contributed by atoms with Gasteiger partial charge in [0.15, 0.2) is 0 Å². The summed E-state index contributed by atoms with van der Waals surface area (Å²) >= 11 is 0. The van der Waals surface area contributed by atoms with E-state index in [2.05, 4.69) is 11.9 Å². The maximum absolute atomic E-state index is 13.0. The number of amides is 1. The summed E-state index contributed by atoms with van der Waals surface area (Å²) in [6.07, 6.45) is 0. The number of carboxylic acid groups (broad SMARTS) is 1. The normalized spacial score (nSPS) is 23.1. The fourth-order valence-electron chi connectivity index (χ4n) is 3.48. The van der Waals surface area contributed by atoms with Crippen LogP contribution in [0.2, 0.25) is 0 Å². The van der Waals surface area contributed by atoms with Crippen molar-refractivity contribution in [1.29, 1.82) is 0 Å². The minimum atomic E-state index is -0.250. The van der Waals surface area contributed by atoms with Crippen LogP contribution in [-0.2, 0) is 9.53 Å². The second-order valence-electron chi connectivity index (χ2n) is 6.47. The molecule has 0 saturated carbocycles. The first kappa shape index (κ1) is 19.2. The van der Waals surface area contributed by atoms with E-state index in [1.807, 2.05) is 30.0 Å². The lowest BCUT2D eigenvalue weighted by atomic mass is 10.1. The van der Waals surface area contributed by atoms with Crippen molar-refractivity contribution in [3.05, 3.63) is 29.3 Å². The highest BCUT2D eigenvalue weighted by atomic mass is 16.5. The highest BCUT2D eigenvalue weighted by Crippen LogP contribution is 2.26. The van der Waals surface area contributed by atoms with Gasteiger partial charge < -0.3 is 19.5 Å². The van der Waals surface area contributed by atoms with Gasteiger partial charge in [-0.1, -0.05) is 12.1 Å². The van der Waals surface area contributed by atoms with E-state index in [4.69, 9.17) is 19.4 Å². The number of nitrogens with zero attached hydrogens (tertiary/aromatic N) is 2. The van der Waals surface area contributed by atoms with Gasteiger partial charge in [0.1, 0.15) is 5.75 Å². The Bertz CT molecular complexity index is 607. The number of ether oxygens (including phenoxy) is 2. The fraction of sp³-hybridized carbons (Fsp3) is 0.556. The molecule has 1 N–H and O–H groups in total. The van der Waals surface area contributed by atoms with Crippen molar-refractivity contribution in [2.24, 2.45) is 5.92 Å². The van der Waals surface area contributed by atoms with Crippen LogP contribution in [0, 0.1) is 12.8 Å². The van der Waals surface area contributed by atoms with Crippen LogP contribution in [0.5, 0.6) is 5.75 Å². The molecule has 1 aromatic rings. The Morgan fingerprint density at radius 3 is 2.72 bits per heavy atom. The van der Waals surface area contributed by atoms with Crippen LogP contribution in [0.1, 0.15) is 15.9 Å². The van der Waals surface area contributed by atoms with E-state index in [0.717, 1.165) is 25.3 Å². The van der Waals surface area contributed by atoms with E-state index < -0.39 is 0 Å². The van der Waals surface area contributed by atoms with Crippen molar-refractivity contribution in [3.8, 4) is 5.75 Å². The van der Waals surface area contributed by atoms with E-state index in [0.29, 0.717) is 30.4 Å². The van der Waals surface area contributed by atoms with E-state index in [-0.39, 0.29) is 18.4 Å². The molecule has 7 heteroatoms. The highest BCUT2D eigenvalue weighted by Gasteiger charge is 2.34. The number of likely N-dealkylation sites (N-methyl/N-ethyl adjacent to an activating group) is 1. The SMILES string of the molecule is COc1c(C)cccc1C(=O)N1C[C@@H]2COC[C@H](C1)N(C)C2.O=CO. The maximum atomic E-state index is 13.0. The molecule has 2 atom stereocenters. The zero-order valence-electron chi connectivity index (χ0n) is 15.0. The molecule has 7 nitrogen and oxygen atoms in total. The van der Waals surface area contributed by atoms with E-state index in [9.17, 15) is 4.79 Å². The molecule has 0 aliphatic carbocycles. The lowest BCUT2D eigenvalue weighted by Gasteiger charge is -2.30. The third-order valence-corrected chi connectivity index (χ3v) is 4.68. The summed E-state index contributed by atoms with van der Waals surface area (Å²) < 4.78 is 11.2. The minimum Gasteiger partial charge on any atom is -0.496 e. The summed E-state index contributed by atoms with van der Waals surface area (Å²) in [7, 11) is 3.74. The lowest BCUT2D eigenvalue weighted by molar-refractivity contribution is -0.122. The summed E-state index contributed by atoms with van der Waals surface area (Å²) in [4.78, 5) is 25.7. The molecule has 2 aliphatic heterocycles. The van der Waals surface area contributed by atoms with E-state index in [1.54, 1.807) is 7.11 Å². The first-order valence-electron chi connectivity index (χ1n) is 8.30. The van der Waals surface area contributed by atoms with Gasteiger partial charge in [0, 0.05) is 25.6 Å². The highest BCUT2D eigenvalue weighted by molar-refractivity contribution is 5.97. The molecule has 2 bridgehead atoms. The van der Waals surface area contributed by atoms with Crippen LogP contribution < -0.4 is 4.74 Å². The van der Waals surface area contributed by atoms with Crippen LogP contribution in [0.4, 0.5) is 0 Å². The third kappa shape index (κ3) is 4.49. The van der Waals surface area contributed by atoms with Crippen molar-refractivity contribution in [1.82, 2.24) is 9.80 Å². The van der Waals surface area contributed by atoms with Gasteiger partial charge in [0.05, 0.1) is 31.9 Å². The Labute approximate surface area is 148 Å². The van der Waals surface area contributed by atoms with Gasteiger partial charge in [0.2, 0.25) is 0 Å². The molecule has 2 fully saturated rings. The Morgan fingerprint density at radius 2 is 2.04 bits per heavy atom. The number of aryl methyl sites for hydroxylation is 1. The Balaban J connectivity index is 0.000000701. The zero-order valence-corrected chi connectivity index (χ0v) is 15.0. The number of fused-ring (bicyclic) bond motifs is 3. The largest absolute Gasteiger partial charge is 0.496 e. The van der Waals surface area contributed by atoms with Crippen LogP contribution in [0.25, 0.3) is 0 Å². The molecule has 2 aliphatic rings. The van der Waals surface area contributed by atoms with E-state index in [1.165, 1.54) is 0 Å². The quantitative estimate of drug-likeness (QED) is 0.805. The van der Waals surface area contributed by atoms with E-state index >= 15 is 0 Å². The first-order valence-corrected chi connectivity index (χ1v) is 8.30. The number of carbonyl (C=O) groups is 2. The van der Waals surface area contributed by atoms with Crippen molar-refractivity contribution >= 4 is 12.4 Å². The lowest BCUT2D eigenvalue weighted by Crippen LogP contribution is -2.44. The van der Waals surface area contributed by atoms with Crippen LogP contribution in [0.3, 0.4) is 0 Å². The molecule has 25 heavy (non-hydrogen) atoms. The summed E-state index contributed by atoms with van der Waals surface area (Å²) in [6.45, 7) is 5.59. The maximum Gasteiger partial charge on any atom is 0.290 e. The smallest absolute Gasteiger partial charge is 0.290 e. The number of methoxy groups -OCH3 is 1. The fourth-order valence-corrected chi connectivity index (χ4v) is 3.48. The van der Waals surface area contributed by atoms with Crippen LogP contribution in [-0.4, -0.2) is 80.3 Å². The average Bonchev–Trinajstić information content (AvgIpc) is 2.83. The predicted molar refractivity (Wildman–Crippen MR) is 93.1 cm³/mol. The molecule has 1 amide bonds. The van der Waals surface area contributed by atoms with Gasteiger partial charge in [-0.25, -0.2) is 0 Å². The number of benzene rings is 1. The summed E-state index contributed by atoms with van der Waals surface area (Å²) in [5, 5.41) is 6.89. The van der Waals surface area contributed by atoms with Gasteiger partial charge in [-0.3, -0.25) is 14.5 Å². The van der Waals surface area contributed by atoms with Crippen molar-refractivity contribution in [2.75, 3.05) is 47.0 Å². The van der Waals surface area contributed by atoms with Crippen LogP contribution >= 0.6 is 0 Å². The second kappa shape index (κ2) is 8.82. The van der Waals surface area contributed by atoms with Crippen LogP contribution in [0.15, 0.2) is 18.2 Å². The van der Waals surface area contributed by atoms with Gasteiger partial charge in [-0.15, -0.1) is 0 Å². The Morgan fingerprint density at radius 1 is 1.32 bits per heavy atom. The molecule has 138 valence electrons. The molecular weight excluding hydrogens is 324 g/mol. The summed E-state index contributed by atoms with van der Waals surface area (Å²) in [6, 6.07) is 6.01. The topological polar surface area (TPSA) is 79.3 Å². The number of hydrogen-bond acceptors (Lipinski definition) is 5. The van der Waals surface area contributed by atoms with Gasteiger partial charge in [0.25, 0.3) is 12.4 Å². The molecule has 0 aromatic heterocycles. The van der Waals surface area contributed by atoms with Gasteiger partial charge in [-0.2, -0.15) is 0 Å². The number of hydrogen-bond donors (Lipinski definition) is 1. The number of rotatable bonds is 2. The molecular formula is C18H26N2O5. The van der Waals surface area contributed by atoms with Crippen molar-refractivity contribution in [3.63, 3.8) is 0 Å². The average molecular weight is 350 g/mol. The van der Waals surface area contributed by atoms with Gasteiger partial charge in [-0.05, 0) is 25.6 Å². The number of para-hydroxylation sites is 1. The summed E-state index contributed by atoms with van der Waals surface area (Å²) in [5.41, 5.74) is 1.65. The van der Waals surface area contributed by atoms with Crippen molar-refractivity contribution < 1.29 is 24.2 Å². The monoisotopic (exact) mass is 350 g/mol. The third-order valence-electron chi connectivity index (χ3n) is 4.68. The Kier molecular flexibility index (Phi) is 6.78. The molecule has 1 aromatic carbocycles. The molecule has 0 spiro atoms. The summed E-state index contributed by atoms with van der Waals surface area (Å²) in [5.74, 6) is 1.12. The predicted octanol–water partition coefficient (Wildman–Crippen LogP) is 1.11. The molecule has 2 saturated heterocycles. The Hall–Kier alpha value is -2.12. The standard InChI is InChI=1S/C17H24N2O3.CH2O2/c1-12-5-4-6-15(16(12)21-3)17(20)19-8-13-7-18(2)14(9-19)11-22-10-13;2-1-3/h4-6,13-14H,7-11H2,1-3H3;1H,(H,2,3)/t13-,14+;/m1./s1. The molecule has 0 radical (unpaired) electrons. The molecule has 2 heterocycles. The van der Waals surface area contributed by atoms with Crippen molar-refractivity contribution in [2.45, 2.75) is 13.0 Å².